The fourth-order valence-corrected chi connectivity index (χ4v) is 3.69. The predicted octanol–water partition coefficient (Wildman–Crippen LogP) is 3.84. The average Bonchev–Trinajstić information content (AvgIpc) is 3.14. The molecule has 1 fully saturated rings. The Balaban J connectivity index is 0.00000155. The summed E-state index contributed by atoms with van der Waals surface area (Å²) in [5.41, 5.74) is 0.0774. The molecule has 1 aromatic carbocycles. The Bertz CT molecular complexity index is 917. The van der Waals surface area contributed by atoms with Crippen LogP contribution in [0.25, 0.3) is 0 Å². The zero-order chi connectivity index (χ0) is 22.3. The van der Waals surface area contributed by atoms with E-state index in [4.69, 9.17) is 0 Å². The van der Waals surface area contributed by atoms with E-state index in [9.17, 15) is 22.8 Å². The third-order valence-electron chi connectivity index (χ3n) is 5.24. The van der Waals surface area contributed by atoms with Crippen LogP contribution < -0.4 is 11.2 Å². The van der Waals surface area contributed by atoms with E-state index in [0.717, 1.165) is 56.6 Å². The Morgan fingerprint density at radius 1 is 1.10 bits per heavy atom. The van der Waals surface area contributed by atoms with Gasteiger partial charge in [-0.25, -0.2) is 4.79 Å². The van der Waals surface area contributed by atoms with E-state index in [1.165, 1.54) is 4.57 Å². The van der Waals surface area contributed by atoms with E-state index < -0.39 is 17.4 Å². The molecule has 1 N–H and O–H groups in total. The molecule has 1 atom stereocenters. The van der Waals surface area contributed by atoms with Crippen LogP contribution in [0.4, 0.5) is 13.2 Å². The van der Waals surface area contributed by atoms with E-state index in [1.807, 2.05) is 13.8 Å². The SMILES string of the molecule is CC.Cc1cn(CCCN2CCC(Cc3ccc(C(F)(F)F)cc3)C2)c(=O)[nH]c1=O. The van der Waals surface area contributed by atoms with E-state index >= 15 is 0 Å². The predicted molar refractivity (Wildman–Crippen MR) is 112 cm³/mol. The number of likely N-dealkylation sites (tertiary alicyclic amines) is 1. The molecule has 0 radical (unpaired) electrons. The summed E-state index contributed by atoms with van der Waals surface area (Å²) in [5.74, 6) is 0.426. The summed E-state index contributed by atoms with van der Waals surface area (Å²) in [5, 5.41) is 0. The molecule has 1 aliphatic heterocycles. The Hall–Kier alpha value is -2.35. The first-order chi connectivity index (χ1) is 14.2. The smallest absolute Gasteiger partial charge is 0.303 e. The minimum Gasteiger partial charge on any atom is -0.303 e. The van der Waals surface area contributed by atoms with Gasteiger partial charge >= 0.3 is 11.9 Å². The third-order valence-corrected chi connectivity index (χ3v) is 5.24. The van der Waals surface area contributed by atoms with Crippen molar-refractivity contribution in [2.75, 3.05) is 19.6 Å². The molecule has 2 aromatic rings. The highest BCUT2D eigenvalue weighted by atomic mass is 19.4. The van der Waals surface area contributed by atoms with Crippen LogP contribution in [0.5, 0.6) is 0 Å². The number of halogens is 3. The second-order valence-electron chi connectivity index (χ2n) is 7.47. The number of aromatic nitrogens is 2. The lowest BCUT2D eigenvalue weighted by atomic mass is 9.98. The van der Waals surface area contributed by atoms with Gasteiger partial charge in [-0.1, -0.05) is 26.0 Å². The van der Waals surface area contributed by atoms with Crippen molar-refractivity contribution < 1.29 is 13.2 Å². The van der Waals surface area contributed by atoms with Gasteiger partial charge in [-0.2, -0.15) is 13.2 Å². The second-order valence-corrected chi connectivity index (χ2v) is 7.47. The number of hydrogen-bond acceptors (Lipinski definition) is 3. The monoisotopic (exact) mass is 425 g/mol. The zero-order valence-electron chi connectivity index (χ0n) is 17.8. The van der Waals surface area contributed by atoms with E-state index in [1.54, 1.807) is 25.3 Å². The van der Waals surface area contributed by atoms with Gasteiger partial charge in [0.15, 0.2) is 0 Å². The van der Waals surface area contributed by atoms with Crippen molar-refractivity contribution in [3.05, 3.63) is 68.0 Å². The van der Waals surface area contributed by atoms with Gasteiger partial charge in [0.2, 0.25) is 0 Å². The Labute approximate surface area is 174 Å². The first-order valence-corrected chi connectivity index (χ1v) is 10.4. The van der Waals surface area contributed by atoms with Crippen molar-refractivity contribution in [1.29, 1.82) is 0 Å². The molecule has 5 nitrogen and oxygen atoms in total. The zero-order valence-corrected chi connectivity index (χ0v) is 17.8. The van der Waals surface area contributed by atoms with Gasteiger partial charge in [-0.15, -0.1) is 0 Å². The molecule has 0 aliphatic carbocycles. The maximum Gasteiger partial charge on any atom is 0.416 e. The molecule has 0 spiro atoms. The van der Waals surface area contributed by atoms with Crippen molar-refractivity contribution in [3.63, 3.8) is 0 Å². The molecular weight excluding hydrogens is 395 g/mol. The molecule has 2 heterocycles. The van der Waals surface area contributed by atoms with Gasteiger partial charge in [-0.3, -0.25) is 9.78 Å². The van der Waals surface area contributed by atoms with Crippen molar-refractivity contribution in [3.8, 4) is 0 Å². The van der Waals surface area contributed by atoms with Crippen molar-refractivity contribution in [1.82, 2.24) is 14.5 Å². The molecule has 8 heteroatoms. The number of nitrogens with zero attached hydrogens (tertiary/aromatic N) is 2. The minimum absolute atomic E-state index is 0.355. The average molecular weight is 425 g/mol. The van der Waals surface area contributed by atoms with Gasteiger partial charge in [0, 0.05) is 24.8 Å². The fourth-order valence-electron chi connectivity index (χ4n) is 3.69. The summed E-state index contributed by atoms with van der Waals surface area (Å²) >= 11 is 0. The van der Waals surface area contributed by atoms with Gasteiger partial charge in [0.25, 0.3) is 5.56 Å². The van der Waals surface area contributed by atoms with Crippen LogP contribution >= 0.6 is 0 Å². The third kappa shape index (κ3) is 6.58. The molecular formula is C22H30F3N3O2. The number of aromatic amines is 1. The standard InChI is InChI=1S/C20H24F3N3O2.C2H6/c1-14-12-26(19(28)24-18(14)27)9-2-8-25-10-7-16(13-25)11-15-3-5-17(6-4-15)20(21,22)23;1-2/h3-6,12,16H,2,7-11,13H2,1H3,(H,24,27,28);1-2H3. The van der Waals surface area contributed by atoms with Gasteiger partial charge in [0.1, 0.15) is 0 Å². The number of rotatable bonds is 6. The molecule has 1 aromatic heterocycles. The number of alkyl halides is 3. The van der Waals surface area contributed by atoms with Gasteiger partial charge in [0.05, 0.1) is 5.56 Å². The molecule has 0 amide bonds. The van der Waals surface area contributed by atoms with Crippen LogP contribution in [-0.2, 0) is 19.1 Å². The summed E-state index contributed by atoms with van der Waals surface area (Å²) < 4.78 is 39.4. The second kappa shape index (κ2) is 10.6. The number of nitrogens with one attached hydrogen (secondary N) is 1. The fraction of sp³-hybridized carbons (Fsp3) is 0.545. The summed E-state index contributed by atoms with van der Waals surface area (Å²) in [6.07, 6.45) is -0.141. The van der Waals surface area contributed by atoms with E-state index in [0.29, 0.717) is 18.0 Å². The summed E-state index contributed by atoms with van der Waals surface area (Å²) in [7, 11) is 0. The number of benzene rings is 1. The van der Waals surface area contributed by atoms with Crippen molar-refractivity contribution in [2.45, 2.75) is 52.8 Å². The number of H-pyrrole nitrogens is 1. The van der Waals surface area contributed by atoms with Gasteiger partial charge in [-0.05, 0) is 62.9 Å². The molecule has 30 heavy (non-hydrogen) atoms. The Morgan fingerprint density at radius 3 is 2.40 bits per heavy atom. The summed E-state index contributed by atoms with van der Waals surface area (Å²) in [6, 6.07) is 5.42. The summed E-state index contributed by atoms with van der Waals surface area (Å²) in [6.45, 7) is 8.90. The highest BCUT2D eigenvalue weighted by molar-refractivity contribution is 5.25. The lowest BCUT2D eigenvalue weighted by Crippen LogP contribution is -2.32. The molecule has 1 aliphatic rings. The van der Waals surface area contributed by atoms with Crippen LogP contribution in [0.3, 0.4) is 0 Å². The number of aryl methyl sites for hydroxylation is 2. The molecule has 0 saturated carbocycles. The quantitative estimate of drug-likeness (QED) is 0.765. The lowest BCUT2D eigenvalue weighted by molar-refractivity contribution is -0.137. The van der Waals surface area contributed by atoms with Crippen LogP contribution in [0.15, 0.2) is 40.1 Å². The molecule has 1 unspecified atom stereocenters. The van der Waals surface area contributed by atoms with Gasteiger partial charge < -0.3 is 9.47 Å². The molecule has 166 valence electrons. The maximum absolute atomic E-state index is 12.6. The van der Waals surface area contributed by atoms with Crippen LogP contribution in [-0.4, -0.2) is 34.1 Å². The minimum atomic E-state index is -4.30. The lowest BCUT2D eigenvalue weighted by Gasteiger charge is -2.16. The topological polar surface area (TPSA) is 58.1 Å². The first kappa shape index (κ1) is 23.9. The largest absolute Gasteiger partial charge is 0.416 e. The molecule has 0 bridgehead atoms. The maximum atomic E-state index is 12.6. The number of hydrogen-bond donors (Lipinski definition) is 1. The highest BCUT2D eigenvalue weighted by Crippen LogP contribution is 2.30. The Morgan fingerprint density at radius 2 is 1.77 bits per heavy atom. The van der Waals surface area contributed by atoms with E-state index in [2.05, 4.69) is 9.88 Å². The van der Waals surface area contributed by atoms with Crippen LogP contribution in [0.2, 0.25) is 0 Å². The normalized spacial score (nSPS) is 16.9. The summed E-state index contributed by atoms with van der Waals surface area (Å²) in [4.78, 5) is 27.8. The van der Waals surface area contributed by atoms with Crippen molar-refractivity contribution in [2.24, 2.45) is 5.92 Å². The Kier molecular flexibility index (Phi) is 8.46. The van der Waals surface area contributed by atoms with Crippen molar-refractivity contribution >= 4 is 0 Å². The van der Waals surface area contributed by atoms with E-state index in [-0.39, 0.29) is 5.56 Å². The van der Waals surface area contributed by atoms with Crippen LogP contribution in [0, 0.1) is 12.8 Å². The van der Waals surface area contributed by atoms with Crippen LogP contribution in [0.1, 0.15) is 43.4 Å². The highest BCUT2D eigenvalue weighted by Gasteiger charge is 2.30. The molecule has 1 saturated heterocycles. The first-order valence-electron chi connectivity index (χ1n) is 10.4. The molecule has 3 rings (SSSR count).